The molecule has 0 radical (unpaired) electrons. The molecule has 8 heteroatoms. The number of ether oxygens (including phenoxy) is 2. The number of benzene rings is 1. The third kappa shape index (κ3) is 4.08. The Balaban J connectivity index is 2.25. The predicted molar refractivity (Wildman–Crippen MR) is 89.9 cm³/mol. The monoisotopic (exact) mass is 354 g/mol. The summed E-state index contributed by atoms with van der Waals surface area (Å²) in [6.07, 6.45) is 1.56. The van der Waals surface area contributed by atoms with Crippen molar-refractivity contribution in [2.24, 2.45) is 0 Å². The molecule has 2 aromatic rings. The van der Waals surface area contributed by atoms with Crippen LogP contribution in [-0.4, -0.2) is 48.2 Å². The second-order valence-electron chi connectivity index (χ2n) is 5.36. The minimum absolute atomic E-state index is 0.0290. The Morgan fingerprint density at radius 3 is 2.50 bits per heavy atom. The smallest absolute Gasteiger partial charge is 0.244 e. The molecule has 0 aliphatic heterocycles. The van der Waals surface area contributed by atoms with Gasteiger partial charge < -0.3 is 13.9 Å². The highest BCUT2D eigenvalue weighted by Gasteiger charge is 2.24. The average Bonchev–Trinajstić information content (AvgIpc) is 3.08. The standard InChI is InChI=1S/C16H22N2O5S/c1-18(2)13(14-6-5-9-23-14)11-17-24(19,20)16-10-12(21-3)7-8-15(16)22-4/h5-10,13,17H,11H2,1-4H3/t13-/m0/s1. The van der Waals surface area contributed by atoms with Crippen LogP contribution in [-0.2, 0) is 10.0 Å². The van der Waals surface area contributed by atoms with Gasteiger partial charge in [0.25, 0.3) is 0 Å². The average molecular weight is 354 g/mol. The molecule has 0 unspecified atom stereocenters. The first kappa shape index (κ1) is 18.3. The third-order valence-corrected chi connectivity index (χ3v) is 5.07. The van der Waals surface area contributed by atoms with Crippen LogP contribution < -0.4 is 14.2 Å². The van der Waals surface area contributed by atoms with Crippen molar-refractivity contribution in [3.63, 3.8) is 0 Å². The quantitative estimate of drug-likeness (QED) is 0.779. The van der Waals surface area contributed by atoms with Crippen molar-refractivity contribution in [3.8, 4) is 11.5 Å². The van der Waals surface area contributed by atoms with E-state index in [1.165, 1.54) is 20.3 Å². The second-order valence-corrected chi connectivity index (χ2v) is 7.10. The Morgan fingerprint density at radius 1 is 1.21 bits per heavy atom. The summed E-state index contributed by atoms with van der Waals surface area (Å²) in [6, 6.07) is 7.98. The van der Waals surface area contributed by atoms with E-state index < -0.39 is 10.0 Å². The SMILES string of the molecule is COc1ccc(OC)c(S(=O)(=O)NC[C@@H](c2ccco2)N(C)C)c1. The van der Waals surface area contributed by atoms with Crippen LogP contribution in [0, 0.1) is 0 Å². The minimum Gasteiger partial charge on any atom is -0.497 e. The number of nitrogens with one attached hydrogen (secondary N) is 1. The molecule has 0 saturated carbocycles. The molecule has 0 bridgehead atoms. The van der Waals surface area contributed by atoms with E-state index in [0.717, 1.165) is 0 Å². The van der Waals surface area contributed by atoms with E-state index in [1.807, 2.05) is 25.1 Å². The Morgan fingerprint density at radius 2 is 1.96 bits per heavy atom. The number of likely N-dealkylation sites (N-methyl/N-ethyl adjacent to an activating group) is 1. The van der Waals surface area contributed by atoms with Crippen LogP contribution in [0.3, 0.4) is 0 Å². The van der Waals surface area contributed by atoms with Crippen LogP contribution in [0.15, 0.2) is 45.9 Å². The highest BCUT2D eigenvalue weighted by Crippen LogP contribution is 2.28. The molecule has 24 heavy (non-hydrogen) atoms. The van der Waals surface area contributed by atoms with Gasteiger partial charge in [-0.05, 0) is 38.4 Å². The van der Waals surface area contributed by atoms with Gasteiger partial charge in [-0.3, -0.25) is 4.90 Å². The number of methoxy groups -OCH3 is 2. The van der Waals surface area contributed by atoms with Crippen LogP contribution >= 0.6 is 0 Å². The maximum absolute atomic E-state index is 12.7. The maximum Gasteiger partial charge on any atom is 0.244 e. The van der Waals surface area contributed by atoms with E-state index in [-0.39, 0.29) is 23.2 Å². The topological polar surface area (TPSA) is 81.0 Å². The van der Waals surface area contributed by atoms with E-state index in [2.05, 4.69) is 4.72 Å². The summed E-state index contributed by atoms with van der Waals surface area (Å²) >= 11 is 0. The number of hydrogen-bond acceptors (Lipinski definition) is 6. The van der Waals surface area contributed by atoms with E-state index in [0.29, 0.717) is 11.5 Å². The molecule has 0 spiro atoms. The fraction of sp³-hybridized carbons (Fsp3) is 0.375. The van der Waals surface area contributed by atoms with E-state index in [4.69, 9.17) is 13.9 Å². The molecule has 0 amide bonds. The Labute approximate surface area is 142 Å². The summed E-state index contributed by atoms with van der Waals surface area (Å²) in [5.74, 6) is 1.37. The van der Waals surface area contributed by atoms with Gasteiger partial charge in [-0.25, -0.2) is 13.1 Å². The number of furan rings is 1. The summed E-state index contributed by atoms with van der Waals surface area (Å²) in [4.78, 5) is 1.91. The largest absolute Gasteiger partial charge is 0.497 e. The van der Waals surface area contributed by atoms with Gasteiger partial charge in [-0.2, -0.15) is 0 Å². The second kappa shape index (κ2) is 7.69. The van der Waals surface area contributed by atoms with Crippen molar-refractivity contribution in [1.29, 1.82) is 0 Å². The first-order chi connectivity index (χ1) is 11.4. The Hall–Kier alpha value is -2.03. The summed E-state index contributed by atoms with van der Waals surface area (Å²) < 4.78 is 43.6. The highest BCUT2D eigenvalue weighted by atomic mass is 32.2. The normalized spacial score (nSPS) is 13.0. The summed E-state index contributed by atoms with van der Waals surface area (Å²) in [5.41, 5.74) is 0. The molecule has 0 saturated heterocycles. The first-order valence-electron chi connectivity index (χ1n) is 7.30. The zero-order chi connectivity index (χ0) is 17.7. The lowest BCUT2D eigenvalue weighted by molar-refractivity contribution is 0.259. The van der Waals surface area contributed by atoms with Crippen LogP contribution in [0.25, 0.3) is 0 Å². The zero-order valence-corrected chi connectivity index (χ0v) is 15.0. The summed E-state index contributed by atoms with van der Waals surface area (Å²) in [5, 5.41) is 0. The summed E-state index contributed by atoms with van der Waals surface area (Å²) in [7, 11) is 2.83. The fourth-order valence-corrected chi connectivity index (χ4v) is 3.50. The van der Waals surface area contributed by atoms with Gasteiger partial charge in [0.2, 0.25) is 10.0 Å². The lowest BCUT2D eigenvalue weighted by atomic mass is 10.2. The minimum atomic E-state index is -3.78. The van der Waals surface area contributed by atoms with Gasteiger partial charge in [0.1, 0.15) is 22.2 Å². The molecule has 0 aliphatic rings. The molecule has 1 heterocycles. The number of sulfonamides is 1. The predicted octanol–water partition coefficient (Wildman–Crippen LogP) is 1.88. The van der Waals surface area contributed by atoms with Crippen molar-refractivity contribution < 1.29 is 22.3 Å². The number of nitrogens with zero attached hydrogens (tertiary/aromatic N) is 1. The molecule has 1 aromatic heterocycles. The summed E-state index contributed by atoms with van der Waals surface area (Å²) in [6.45, 7) is 0.156. The van der Waals surface area contributed by atoms with E-state index in [1.54, 1.807) is 24.5 Å². The fourth-order valence-electron chi connectivity index (χ4n) is 2.28. The number of hydrogen-bond donors (Lipinski definition) is 1. The Kier molecular flexibility index (Phi) is 5.87. The molecule has 132 valence electrons. The van der Waals surface area contributed by atoms with Crippen molar-refractivity contribution >= 4 is 10.0 Å². The van der Waals surface area contributed by atoms with Crippen LogP contribution in [0.5, 0.6) is 11.5 Å². The van der Waals surface area contributed by atoms with Crippen LogP contribution in [0.1, 0.15) is 11.8 Å². The highest BCUT2D eigenvalue weighted by molar-refractivity contribution is 7.89. The van der Waals surface area contributed by atoms with Gasteiger partial charge in [-0.15, -0.1) is 0 Å². The van der Waals surface area contributed by atoms with E-state index >= 15 is 0 Å². The molecule has 0 aliphatic carbocycles. The van der Waals surface area contributed by atoms with Crippen molar-refractivity contribution in [1.82, 2.24) is 9.62 Å². The molecule has 1 atom stereocenters. The van der Waals surface area contributed by atoms with Gasteiger partial charge >= 0.3 is 0 Å². The molecule has 1 aromatic carbocycles. The molecule has 1 N–H and O–H groups in total. The van der Waals surface area contributed by atoms with Gasteiger partial charge in [0.05, 0.1) is 26.5 Å². The zero-order valence-electron chi connectivity index (χ0n) is 14.1. The molecular formula is C16H22N2O5S. The maximum atomic E-state index is 12.7. The molecule has 2 rings (SSSR count). The van der Waals surface area contributed by atoms with Gasteiger partial charge in [0.15, 0.2) is 0 Å². The van der Waals surface area contributed by atoms with Crippen molar-refractivity contribution in [2.75, 3.05) is 34.9 Å². The molecule has 0 fully saturated rings. The molecule has 7 nitrogen and oxygen atoms in total. The van der Waals surface area contributed by atoms with Crippen LogP contribution in [0.2, 0.25) is 0 Å². The first-order valence-corrected chi connectivity index (χ1v) is 8.79. The third-order valence-electron chi connectivity index (χ3n) is 3.62. The number of rotatable bonds is 8. The molecular weight excluding hydrogens is 332 g/mol. The van der Waals surface area contributed by atoms with Gasteiger partial charge in [0, 0.05) is 12.6 Å². The van der Waals surface area contributed by atoms with E-state index in [9.17, 15) is 8.42 Å². The van der Waals surface area contributed by atoms with Crippen LogP contribution in [0.4, 0.5) is 0 Å². The lowest BCUT2D eigenvalue weighted by Gasteiger charge is -2.22. The Bertz CT molecular complexity index is 757. The van der Waals surface area contributed by atoms with Crippen molar-refractivity contribution in [3.05, 3.63) is 42.4 Å². The lowest BCUT2D eigenvalue weighted by Crippen LogP contribution is -2.34. The van der Waals surface area contributed by atoms with Gasteiger partial charge in [-0.1, -0.05) is 0 Å². The van der Waals surface area contributed by atoms with Crippen molar-refractivity contribution in [2.45, 2.75) is 10.9 Å².